The van der Waals surface area contributed by atoms with Gasteiger partial charge in [-0.3, -0.25) is 4.98 Å². The van der Waals surface area contributed by atoms with E-state index in [4.69, 9.17) is 9.47 Å². The molecule has 0 bridgehead atoms. The van der Waals surface area contributed by atoms with Gasteiger partial charge in [-0.25, -0.2) is 0 Å². The largest absolute Gasteiger partial charge is 0.348 e. The number of aromatic nitrogens is 1. The maximum absolute atomic E-state index is 5.69. The fraction of sp³-hybridized carbons (Fsp3) is 0.583. The molecule has 1 aliphatic heterocycles. The molecule has 4 nitrogen and oxygen atoms in total. The van der Waals surface area contributed by atoms with Crippen molar-refractivity contribution in [2.24, 2.45) is 5.92 Å². The van der Waals surface area contributed by atoms with Gasteiger partial charge in [-0.15, -0.1) is 0 Å². The molecular formula is C12H18N2O2. The van der Waals surface area contributed by atoms with Gasteiger partial charge >= 0.3 is 0 Å². The Balaban J connectivity index is 1.86. The summed E-state index contributed by atoms with van der Waals surface area (Å²) in [6, 6.07) is 3.87. The third-order valence-electron chi connectivity index (χ3n) is 2.55. The molecule has 4 heteroatoms. The molecule has 0 radical (unpaired) electrons. The molecule has 0 aliphatic carbocycles. The van der Waals surface area contributed by atoms with E-state index >= 15 is 0 Å². The number of hydrogen-bond donors (Lipinski definition) is 0. The lowest BCUT2D eigenvalue weighted by molar-refractivity contribution is -0.206. The van der Waals surface area contributed by atoms with E-state index < -0.39 is 0 Å². The maximum Gasteiger partial charge on any atom is 0.185 e. The fourth-order valence-corrected chi connectivity index (χ4v) is 1.87. The Bertz CT molecular complexity index is 308. The molecule has 0 atom stereocenters. The van der Waals surface area contributed by atoms with E-state index in [-0.39, 0.29) is 6.29 Å². The number of ether oxygens (including phenoxy) is 2. The topological polar surface area (TPSA) is 34.6 Å². The zero-order valence-electron chi connectivity index (χ0n) is 9.80. The molecule has 1 fully saturated rings. The SMILES string of the molecule is CN(C)CC1COC(c2cccnc2)OC1. The Morgan fingerprint density at radius 2 is 2.12 bits per heavy atom. The van der Waals surface area contributed by atoms with Crippen molar-refractivity contribution in [1.29, 1.82) is 0 Å². The lowest BCUT2D eigenvalue weighted by atomic mass is 10.1. The van der Waals surface area contributed by atoms with Crippen LogP contribution in [0.3, 0.4) is 0 Å². The zero-order chi connectivity index (χ0) is 11.4. The van der Waals surface area contributed by atoms with Gasteiger partial charge in [-0.05, 0) is 20.2 Å². The van der Waals surface area contributed by atoms with E-state index in [2.05, 4.69) is 24.0 Å². The maximum atomic E-state index is 5.69. The van der Waals surface area contributed by atoms with Gasteiger partial charge in [0, 0.05) is 30.4 Å². The molecule has 2 rings (SSSR count). The van der Waals surface area contributed by atoms with Crippen molar-refractivity contribution in [1.82, 2.24) is 9.88 Å². The summed E-state index contributed by atoms with van der Waals surface area (Å²) in [5.74, 6) is 0.461. The third-order valence-corrected chi connectivity index (χ3v) is 2.55. The fourth-order valence-electron chi connectivity index (χ4n) is 1.87. The summed E-state index contributed by atoms with van der Waals surface area (Å²) in [7, 11) is 4.13. The van der Waals surface area contributed by atoms with Crippen LogP contribution in [-0.2, 0) is 9.47 Å². The van der Waals surface area contributed by atoms with Crippen LogP contribution in [-0.4, -0.2) is 43.7 Å². The Hall–Kier alpha value is -0.970. The number of pyridine rings is 1. The minimum absolute atomic E-state index is 0.243. The van der Waals surface area contributed by atoms with Crippen LogP contribution >= 0.6 is 0 Å². The average Bonchev–Trinajstić information content (AvgIpc) is 2.30. The Morgan fingerprint density at radius 1 is 1.38 bits per heavy atom. The lowest BCUT2D eigenvalue weighted by Gasteiger charge is -2.30. The summed E-state index contributed by atoms with van der Waals surface area (Å²) >= 11 is 0. The van der Waals surface area contributed by atoms with E-state index in [1.807, 2.05) is 12.1 Å². The van der Waals surface area contributed by atoms with Gasteiger partial charge in [0.1, 0.15) is 0 Å². The second kappa shape index (κ2) is 5.39. The minimum atomic E-state index is -0.243. The first-order valence-electron chi connectivity index (χ1n) is 5.53. The van der Waals surface area contributed by atoms with Gasteiger partial charge in [-0.1, -0.05) is 6.07 Å². The standard InChI is InChI=1S/C12H18N2O2/c1-14(2)7-10-8-15-12(16-9-10)11-4-3-5-13-6-11/h3-6,10,12H,7-9H2,1-2H3. The molecular weight excluding hydrogens is 204 g/mol. The van der Waals surface area contributed by atoms with E-state index in [0.29, 0.717) is 5.92 Å². The third kappa shape index (κ3) is 3.01. The van der Waals surface area contributed by atoms with Gasteiger partial charge in [-0.2, -0.15) is 0 Å². The molecule has 1 aromatic rings. The minimum Gasteiger partial charge on any atom is -0.348 e. The first-order chi connectivity index (χ1) is 7.75. The Kier molecular flexibility index (Phi) is 3.88. The lowest BCUT2D eigenvalue weighted by Crippen LogP contribution is -2.34. The smallest absolute Gasteiger partial charge is 0.185 e. The van der Waals surface area contributed by atoms with Crippen LogP contribution < -0.4 is 0 Å². The predicted molar refractivity (Wildman–Crippen MR) is 60.9 cm³/mol. The zero-order valence-corrected chi connectivity index (χ0v) is 9.80. The summed E-state index contributed by atoms with van der Waals surface area (Å²) < 4.78 is 11.4. The van der Waals surface area contributed by atoms with E-state index in [1.54, 1.807) is 12.4 Å². The molecule has 1 aromatic heterocycles. The van der Waals surface area contributed by atoms with E-state index in [9.17, 15) is 0 Å². The molecule has 1 saturated heterocycles. The van der Waals surface area contributed by atoms with Crippen LogP contribution in [0.4, 0.5) is 0 Å². The highest BCUT2D eigenvalue weighted by molar-refractivity contribution is 5.10. The highest BCUT2D eigenvalue weighted by Crippen LogP contribution is 2.24. The van der Waals surface area contributed by atoms with Crippen LogP contribution in [0.2, 0.25) is 0 Å². The van der Waals surface area contributed by atoms with Crippen molar-refractivity contribution >= 4 is 0 Å². The second-order valence-electron chi connectivity index (χ2n) is 4.41. The molecule has 1 aliphatic rings. The number of nitrogens with zero attached hydrogens (tertiary/aromatic N) is 2. The van der Waals surface area contributed by atoms with Crippen LogP contribution in [0, 0.1) is 5.92 Å². The average molecular weight is 222 g/mol. The molecule has 0 unspecified atom stereocenters. The summed E-state index contributed by atoms with van der Waals surface area (Å²) in [6.07, 6.45) is 3.30. The van der Waals surface area contributed by atoms with Crippen molar-refractivity contribution < 1.29 is 9.47 Å². The first-order valence-corrected chi connectivity index (χ1v) is 5.53. The van der Waals surface area contributed by atoms with Crippen molar-refractivity contribution in [2.45, 2.75) is 6.29 Å². The normalized spacial score (nSPS) is 25.9. The van der Waals surface area contributed by atoms with Crippen LogP contribution in [0.25, 0.3) is 0 Å². The van der Waals surface area contributed by atoms with Crippen molar-refractivity contribution in [3.8, 4) is 0 Å². The molecule has 0 aromatic carbocycles. The predicted octanol–water partition coefficient (Wildman–Crippen LogP) is 1.30. The van der Waals surface area contributed by atoms with Gasteiger partial charge < -0.3 is 14.4 Å². The van der Waals surface area contributed by atoms with Crippen molar-refractivity contribution in [3.63, 3.8) is 0 Å². The van der Waals surface area contributed by atoms with Crippen LogP contribution in [0.15, 0.2) is 24.5 Å². The van der Waals surface area contributed by atoms with Crippen molar-refractivity contribution in [2.75, 3.05) is 33.9 Å². The summed E-state index contributed by atoms with van der Waals surface area (Å²) in [5, 5.41) is 0. The number of hydrogen-bond acceptors (Lipinski definition) is 4. The Labute approximate surface area is 96.2 Å². The first kappa shape index (κ1) is 11.5. The van der Waals surface area contributed by atoms with E-state index in [0.717, 1.165) is 25.3 Å². The van der Waals surface area contributed by atoms with Gasteiger partial charge in [0.05, 0.1) is 13.2 Å². The highest BCUT2D eigenvalue weighted by atomic mass is 16.7. The highest BCUT2D eigenvalue weighted by Gasteiger charge is 2.23. The molecule has 0 amide bonds. The summed E-state index contributed by atoms with van der Waals surface area (Å²) in [4.78, 5) is 6.21. The second-order valence-corrected chi connectivity index (χ2v) is 4.41. The molecule has 0 saturated carbocycles. The quantitative estimate of drug-likeness (QED) is 0.772. The van der Waals surface area contributed by atoms with Gasteiger partial charge in [0.2, 0.25) is 0 Å². The Morgan fingerprint density at radius 3 is 2.69 bits per heavy atom. The molecule has 0 spiro atoms. The summed E-state index contributed by atoms with van der Waals surface area (Å²) in [5.41, 5.74) is 0.991. The molecule has 2 heterocycles. The van der Waals surface area contributed by atoms with Gasteiger partial charge in [0.25, 0.3) is 0 Å². The molecule has 16 heavy (non-hydrogen) atoms. The van der Waals surface area contributed by atoms with Gasteiger partial charge in [0.15, 0.2) is 6.29 Å². The molecule has 88 valence electrons. The number of rotatable bonds is 3. The molecule has 0 N–H and O–H groups in total. The van der Waals surface area contributed by atoms with Crippen LogP contribution in [0.1, 0.15) is 11.9 Å². The summed E-state index contributed by atoms with van der Waals surface area (Å²) in [6.45, 7) is 2.50. The van der Waals surface area contributed by atoms with Crippen LogP contribution in [0.5, 0.6) is 0 Å². The monoisotopic (exact) mass is 222 g/mol. The van der Waals surface area contributed by atoms with E-state index in [1.165, 1.54) is 0 Å². The van der Waals surface area contributed by atoms with Crippen molar-refractivity contribution in [3.05, 3.63) is 30.1 Å².